The number of carboxylic acids is 1. The highest BCUT2D eigenvalue weighted by atomic mass is 19.1. The smallest absolute Gasteiger partial charge is 0.335 e. The molecule has 164 valence electrons. The lowest BCUT2D eigenvalue weighted by Gasteiger charge is -2.41. The highest BCUT2D eigenvalue weighted by Crippen LogP contribution is 2.45. The van der Waals surface area contributed by atoms with Crippen molar-refractivity contribution in [2.24, 2.45) is 11.3 Å². The number of Topliss-reactive ketones (excluding diaryl/α,β-unsaturated/α-hetero) is 1. The number of carbonyl (C=O) groups excluding carboxylic acids is 1. The molecule has 1 aliphatic heterocycles. The molecule has 1 unspecified atom stereocenters. The molecule has 1 heterocycles. The topological polar surface area (TPSA) is 66.4 Å². The Kier molecular flexibility index (Phi) is 5.87. The van der Waals surface area contributed by atoms with Crippen molar-refractivity contribution in [3.63, 3.8) is 0 Å². The van der Waals surface area contributed by atoms with Crippen LogP contribution in [-0.4, -0.2) is 16.9 Å². The van der Waals surface area contributed by atoms with Gasteiger partial charge in [-0.05, 0) is 65.6 Å². The summed E-state index contributed by atoms with van der Waals surface area (Å²) in [5.41, 5.74) is 3.35. The van der Waals surface area contributed by atoms with E-state index >= 15 is 0 Å². The molecule has 31 heavy (non-hydrogen) atoms. The Bertz CT molecular complexity index is 1010. The molecule has 0 amide bonds. The minimum atomic E-state index is -0.937. The molecule has 2 aliphatic rings. The molecule has 2 aromatic rings. The first kappa shape index (κ1) is 21.5. The molecule has 4 nitrogen and oxygen atoms in total. The van der Waals surface area contributed by atoms with Crippen LogP contribution in [0.5, 0.6) is 0 Å². The number of carbonyl (C=O) groups is 2. The third kappa shape index (κ3) is 4.51. The van der Waals surface area contributed by atoms with Crippen LogP contribution in [-0.2, 0) is 17.6 Å². The molecule has 5 heteroatoms. The summed E-state index contributed by atoms with van der Waals surface area (Å²) in [5, 5.41) is 12.8. The van der Waals surface area contributed by atoms with Gasteiger partial charge in [-0.3, -0.25) is 4.79 Å². The first-order valence-electron chi connectivity index (χ1n) is 11.2. The van der Waals surface area contributed by atoms with E-state index in [9.17, 15) is 19.1 Å². The van der Waals surface area contributed by atoms with E-state index in [0.29, 0.717) is 12.0 Å². The van der Waals surface area contributed by atoms with Gasteiger partial charge < -0.3 is 10.4 Å². The molecule has 1 fully saturated rings. The lowest BCUT2D eigenvalue weighted by molar-refractivity contribution is -0.123. The molecule has 2 aromatic carbocycles. The van der Waals surface area contributed by atoms with Gasteiger partial charge in [0.15, 0.2) is 0 Å². The number of rotatable bonds is 5. The molecule has 1 saturated carbocycles. The van der Waals surface area contributed by atoms with E-state index in [2.05, 4.69) is 19.2 Å². The molecule has 1 aliphatic carbocycles. The Morgan fingerprint density at radius 3 is 2.55 bits per heavy atom. The third-order valence-electron chi connectivity index (χ3n) is 6.91. The number of halogens is 1. The highest BCUT2D eigenvalue weighted by molar-refractivity contribution is 5.88. The fourth-order valence-electron chi connectivity index (χ4n) is 5.16. The molecule has 0 spiro atoms. The summed E-state index contributed by atoms with van der Waals surface area (Å²) < 4.78 is 14.6. The summed E-state index contributed by atoms with van der Waals surface area (Å²) in [5.74, 6) is -1.05. The summed E-state index contributed by atoms with van der Waals surface area (Å²) in [7, 11) is 0. The van der Waals surface area contributed by atoms with Gasteiger partial charge in [0.2, 0.25) is 0 Å². The fraction of sp³-hybridized carbons (Fsp3) is 0.462. The fourth-order valence-corrected chi connectivity index (χ4v) is 5.16. The van der Waals surface area contributed by atoms with Gasteiger partial charge in [-0.15, -0.1) is 0 Å². The Morgan fingerprint density at radius 1 is 1.10 bits per heavy atom. The van der Waals surface area contributed by atoms with Gasteiger partial charge in [-0.1, -0.05) is 45.2 Å². The van der Waals surface area contributed by atoms with Crippen LogP contribution in [0.4, 0.5) is 10.1 Å². The number of ketones is 1. The van der Waals surface area contributed by atoms with Crippen molar-refractivity contribution in [2.75, 3.05) is 5.32 Å². The maximum Gasteiger partial charge on any atom is 0.335 e. The van der Waals surface area contributed by atoms with Crippen LogP contribution in [0.25, 0.3) is 0 Å². The molecule has 1 atom stereocenters. The van der Waals surface area contributed by atoms with Gasteiger partial charge in [0.05, 0.1) is 11.6 Å². The van der Waals surface area contributed by atoms with Crippen molar-refractivity contribution < 1.29 is 19.1 Å². The lowest BCUT2D eigenvalue weighted by atomic mass is 9.72. The summed E-state index contributed by atoms with van der Waals surface area (Å²) in [6.07, 6.45) is 6.06. The third-order valence-corrected chi connectivity index (χ3v) is 6.91. The summed E-state index contributed by atoms with van der Waals surface area (Å²) in [6, 6.07) is 10.2. The van der Waals surface area contributed by atoms with E-state index in [1.165, 1.54) is 12.5 Å². The number of hydrogen-bond donors (Lipinski definition) is 2. The first-order valence-corrected chi connectivity index (χ1v) is 11.2. The largest absolute Gasteiger partial charge is 0.478 e. The molecule has 0 radical (unpaired) electrons. The second-order valence-electron chi connectivity index (χ2n) is 9.75. The maximum atomic E-state index is 14.6. The Labute approximate surface area is 182 Å². The predicted octanol–water partition coefficient (Wildman–Crippen LogP) is 5.95. The van der Waals surface area contributed by atoms with Crippen molar-refractivity contribution in [1.29, 1.82) is 0 Å². The van der Waals surface area contributed by atoms with Crippen LogP contribution < -0.4 is 5.32 Å². The zero-order valence-electron chi connectivity index (χ0n) is 18.2. The Morgan fingerprint density at radius 2 is 1.84 bits per heavy atom. The lowest BCUT2D eigenvalue weighted by Crippen LogP contribution is -2.35. The minimum Gasteiger partial charge on any atom is -0.478 e. The Balaban J connectivity index is 1.59. The van der Waals surface area contributed by atoms with Crippen molar-refractivity contribution in [1.82, 2.24) is 0 Å². The molecular weight excluding hydrogens is 393 g/mol. The highest BCUT2D eigenvalue weighted by Gasteiger charge is 2.36. The second-order valence-corrected chi connectivity index (χ2v) is 9.75. The van der Waals surface area contributed by atoms with Crippen LogP contribution in [0.3, 0.4) is 0 Å². The summed E-state index contributed by atoms with van der Waals surface area (Å²) >= 11 is 0. The number of hydrogen-bond acceptors (Lipinski definition) is 3. The van der Waals surface area contributed by atoms with Crippen molar-refractivity contribution in [2.45, 2.75) is 64.8 Å². The van der Waals surface area contributed by atoms with Crippen LogP contribution in [0.1, 0.15) is 79.0 Å². The normalized spacial score (nSPS) is 20.5. The average Bonchev–Trinajstić information content (AvgIpc) is 2.74. The second kappa shape index (κ2) is 8.45. The number of fused-ring (bicyclic) bond motifs is 1. The number of nitrogens with one attached hydrogen (secondary N) is 1. The Hall–Kier alpha value is -2.69. The summed E-state index contributed by atoms with van der Waals surface area (Å²) in [4.78, 5) is 24.1. The number of carboxylic acid groups (broad SMARTS) is 1. The van der Waals surface area contributed by atoms with Gasteiger partial charge in [-0.25, -0.2) is 9.18 Å². The maximum absolute atomic E-state index is 14.6. The molecule has 0 aromatic heterocycles. The minimum absolute atomic E-state index is 0.0661. The molecule has 2 N–H and O–H groups in total. The number of anilines is 1. The quantitative estimate of drug-likeness (QED) is 0.623. The van der Waals surface area contributed by atoms with Gasteiger partial charge in [0, 0.05) is 18.0 Å². The molecule has 0 bridgehead atoms. The number of benzene rings is 2. The van der Waals surface area contributed by atoms with Crippen molar-refractivity contribution in [3.05, 3.63) is 64.5 Å². The zero-order chi connectivity index (χ0) is 22.2. The van der Waals surface area contributed by atoms with Crippen LogP contribution in [0.2, 0.25) is 0 Å². The average molecular weight is 424 g/mol. The molecule has 0 saturated heterocycles. The van der Waals surface area contributed by atoms with E-state index < -0.39 is 5.97 Å². The van der Waals surface area contributed by atoms with Crippen LogP contribution in [0, 0.1) is 17.2 Å². The first-order chi connectivity index (χ1) is 14.7. The standard InChI is InChI=1S/C26H30FNO3/c1-26(2)15-20-13-18(25(30)31)9-11-22(20)28-24(26)17-8-10-21(27)19(12-17)14-23(29)16-6-4-3-5-7-16/h8-13,16,24,28H,3-7,14-15H2,1-2H3,(H,30,31). The van der Waals surface area contributed by atoms with Crippen LogP contribution in [0.15, 0.2) is 36.4 Å². The van der Waals surface area contributed by atoms with Crippen molar-refractivity contribution in [3.8, 4) is 0 Å². The van der Waals surface area contributed by atoms with Crippen LogP contribution >= 0.6 is 0 Å². The monoisotopic (exact) mass is 423 g/mol. The molecular formula is C26H30FNO3. The van der Waals surface area contributed by atoms with E-state index in [4.69, 9.17) is 0 Å². The van der Waals surface area contributed by atoms with Gasteiger partial charge in [0.25, 0.3) is 0 Å². The van der Waals surface area contributed by atoms with E-state index in [0.717, 1.165) is 42.5 Å². The summed E-state index contributed by atoms with van der Waals surface area (Å²) in [6.45, 7) is 4.24. The van der Waals surface area contributed by atoms with Gasteiger partial charge in [0.1, 0.15) is 11.6 Å². The zero-order valence-corrected chi connectivity index (χ0v) is 18.2. The van der Waals surface area contributed by atoms with E-state index in [1.807, 2.05) is 6.07 Å². The van der Waals surface area contributed by atoms with E-state index in [1.54, 1.807) is 24.3 Å². The SMILES string of the molecule is CC1(C)Cc2cc(C(=O)O)ccc2NC1c1ccc(F)c(CC(=O)C2CCCCC2)c1. The van der Waals surface area contributed by atoms with E-state index in [-0.39, 0.29) is 41.0 Å². The van der Waals surface area contributed by atoms with Crippen molar-refractivity contribution >= 4 is 17.4 Å². The van der Waals surface area contributed by atoms with Gasteiger partial charge >= 0.3 is 5.97 Å². The molecule has 4 rings (SSSR count). The number of aromatic carboxylic acids is 1. The predicted molar refractivity (Wildman–Crippen MR) is 119 cm³/mol. The van der Waals surface area contributed by atoms with Gasteiger partial charge in [-0.2, -0.15) is 0 Å².